The highest BCUT2D eigenvalue weighted by molar-refractivity contribution is 5.95. The Morgan fingerprint density at radius 3 is 1.97 bits per heavy atom. The minimum Gasteiger partial charge on any atom is -0.478 e. The van der Waals surface area contributed by atoms with Gasteiger partial charge in [-0.2, -0.15) is 0 Å². The van der Waals surface area contributed by atoms with Gasteiger partial charge in [-0.05, 0) is 60.0 Å². The van der Waals surface area contributed by atoms with Gasteiger partial charge in [0, 0.05) is 13.5 Å². The summed E-state index contributed by atoms with van der Waals surface area (Å²) in [6.45, 7) is 8.34. The molecular weight excluding hydrogens is 482 g/mol. The molecule has 0 aliphatic rings. The van der Waals surface area contributed by atoms with Crippen molar-refractivity contribution in [3.8, 4) is 0 Å². The molecule has 0 bridgehead atoms. The van der Waals surface area contributed by atoms with Crippen molar-refractivity contribution in [1.82, 2.24) is 15.5 Å². The van der Waals surface area contributed by atoms with Crippen LogP contribution in [-0.2, 0) is 23.9 Å². The SMILES string of the molecule is CCC[C@H](NC)C(=O)OC(CC(=O)[C@H]([C@@H](C)CCCC(C)O)N(C)C(=O)[C@@H](C)NC)(CC(C)O)C(=O)O. The zero-order valence-electron chi connectivity index (χ0n) is 23.7. The number of aliphatic carboxylic acids is 1. The molecule has 0 radical (unpaired) electrons. The maximum Gasteiger partial charge on any atom is 0.348 e. The number of carboxylic acids is 1. The largest absolute Gasteiger partial charge is 0.478 e. The van der Waals surface area contributed by atoms with Crippen molar-refractivity contribution in [2.45, 2.75) is 115 Å². The van der Waals surface area contributed by atoms with Gasteiger partial charge in [0.25, 0.3) is 0 Å². The fraction of sp³-hybridized carbons (Fsp3) is 0.846. The first-order chi connectivity index (χ1) is 17.2. The summed E-state index contributed by atoms with van der Waals surface area (Å²) in [5.41, 5.74) is -2.30. The van der Waals surface area contributed by atoms with E-state index in [1.807, 2.05) is 6.92 Å². The number of ether oxygens (including phenoxy) is 1. The topological polar surface area (TPSA) is 165 Å². The number of ketones is 1. The van der Waals surface area contributed by atoms with Gasteiger partial charge in [-0.25, -0.2) is 4.79 Å². The lowest BCUT2D eigenvalue weighted by Crippen LogP contribution is -2.56. The number of carboxylic acid groups (broad SMARTS) is 1. The number of esters is 1. The van der Waals surface area contributed by atoms with E-state index in [1.165, 1.54) is 18.9 Å². The molecule has 0 saturated carbocycles. The number of nitrogens with zero attached hydrogens (tertiary/aromatic N) is 1. The average Bonchev–Trinajstić information content (AvgIpc) is 2.80. The molecule has 0 rings (SSSR count). The summed E-state index contributed by atoms with van der Waals surface area (Å²) in [6.07, 6.45) is -0.249. The van der Waals surface area contributed by atoms with Crippen LogP contribution in [0.4, 0.5) is 0 Å². The lowest BCUT2D eigenvalue weighted by molar-refractivity contribution is -0.186. The molecule has 0 heterocycles. The quantitative estimate of drug-likeness (QED) is 0.152. The number of rotatable bonds is 19. The number of carbonyl (C=O) groups excluding carboxylic acids is 3. The average molecular weight is 532 g/mol. The van der Waals surface area contributed by atoms with E-state index in [1.54, 1.807) is 34.9 Å². The van der Waals surface area contributed by atoms with Gasteiger partial charge < -0.3 is 35.6 Å². The lowest BCUT2D eigenvalue weighted by Gasteiger charge is -2.37. The summed E-state index contributed by atoms with van der Waals surface area (Å²) in [5.74, 6) is -3.68. The molecule has 5 N–H and O–H groups in total. The number of aliphatic hydroxyl groups is 2. The first kappa shape index (κ1) is 34.9. The van der Waals surface area contributed by atoms with E-state index in [0.29, 0.717) is 32.1 Å². The molecule has 216 valence electrons. The Balaban J connectivity index is 6.32. The molecule has 3 unspecified atom stereocenters. The highest BCUT2D eigenvalue weighted by Crippen LogP contribution is 2.29. The predicted octanol–water partition coefficient (Wildman–Crippen LogP) is 1.09. The van der Waals surface area contributed by atoms with E-state index in [-0.39, 0.29) is 11.8 Å². The summed E-state index contributed by atoms with van der Waals surface area (Å²) in [7, 11) is 4.66. The van der Waals surface area contributed by atoms with Crippen molar-refractivity contribution in [3.63, 3.8) is 0 Å². The zero-order chi connectivity index (χ0) is 28.9. The molecule has 0 aliphatic heterocycles. The normalized spacial score (nSPS) is 18.0. The Morgan fingerprint density at radius 2 is 1.54 bits per heavy atom. The molecule has 0 aromatic carbocycles. The van der Waals surface area contributed by atoms with Crippen LogP contribution >= 0.6 is 0 Å². The van der Waals surface area contributed by atoms with Gasteiger partial charge in [-0.15, -0.1) is 0 Å². The van der Waals surface area contributed by atoms with Crippen LogP contribution in [0.15, 0.2) is 0 Å². The number of likely N-dealkylation sites (N-methyl/N-ethyl adjacent to an activating group) is 3. The van der Waals surface area contributed by atoms with Gasteiger partial charge in [-0.3, -0.25) is 14.4 Å². The number of amides is 1. The first-order valence-corrected chi connectivity index (χ1v) is 13.1. The number of aliphatic hydroxyl groups excluding tert-OH is 2. The van der Waals surface area contributed by atoms with E-state index < -0.39 is 66.5 Å². The molecule has 0 saturated heterocycles. The van der Waals surface area contributed by atoms with Crippen LogP contribution in [0.1, 0.15) is 79.6 Å². The minimum absolute atomic E-state index is 0.352. The maximum absolute atomic E-state index is 13.8. The highest BCUT2D eigenvalue weighted by Gasteiger charge is 2.49. The predicted molar refractivity (Wildman–Crippen MR) is 140 cm³/mol. The Kier molecular flexibility index (Phi) is 15.8. The van der Waals surface area contributed by atoms with Crippen LogP contribution < -0.4 is 10.6 Å². The monoisotopic (exact) mass is 531 g/mol. The van der Waals surface area contributed by atoms with Crippen molar-refractivity contribution in [2.24, 2.45) is 5.92 Å². The second-order valence-electron chi connectivity index (χ2n) is 10.2. The Morgan fingerprint density at radius 1 is 0.946 bits per heavy atom. The molecule has 0 fully saturated rings. The number of hydrogen-bond donors (Lipinski definition) is 5. The molecule has 7 atom stereocenters. The fourth-order valence-corrected chi connectivity index (χ4v) is 4.53. The number of carbonyl (C=O) groups is 4. The Bertz CT molecular complexity index is 745. The van der Waals surface area contributed by atoms with E-state index in [2.05, 4.69) is 10.6 Å². The van der Waals surface area contributed by atoms with Crippen LogP contribution in [0.2, 0.25) is 0 Å². The summed E-state index contributed by atoms with van der Waals surface area (Å²) in [4.78, 5) is 53.5. The van der Waals surface area contributed by atoms with E-state index in [9.17, 15) is 34.5 Å². The van der Waals surface area contributed by atoms with Gasteiger partial charge in [0.15, 0.2) is 5.78 Å². The van der Waals surface area contributed by atoms with Gasteiger partial charge in [0.05, 0.1) is 30.7 Å². The Hall–Kier alpha value is -2.08. The van der Waals surface area contributed by atoms with E-state index in [0.717, 1.165) is 0 Å². The minimum atomic E-state index is -2.30. The molecule has 0 spiro atoms. The molecule has 0 aromatic heterocycles. The summed E-state index contributed by atoms with van der Waals surface area (Å²) >= 11 is 0. The van der Waals surface area contributed by atoms with Crippen molar-refractivity contribution < 1.29 is 39.2 Å². The third-order valence-corrected chi connectivity index (χ3v) is 6.70. The number of Topliss-reactive ketones (excluding diaryl/α,β-unsaturated/α-hetero) is 1. The Labute approximate surface area is 221 Å². The fourth-order valence-electron chi connectivity index (χ4n) is 4.53. The smallest absolute Gasteiger partial charge is 0.348 e. The summed E-state index contributed by atoms with van der Waals surface area (Å²) < 4.78 is 5.51. The lowest BCUT2D eigenvalue weighted by atomic mass is 9.83. The molecule has 0 aromatic rings. The number of hydrogen-bond acceptors (Lipinski definition) is 9. The molecule has 11 nitrogen and oxygen atoms in total. The van der Waals surface area contributed by atoms with Crippen LogP contribution in [0.5, 0.6) is 0 Å². The van der Waals surface area contributed by atoms with Crippen LogP contribution in [0.3, 0.4) is 0 Å². The van der Waals surface area contributed by atoms with E-state index in [4.69, 9.17) is 4.74 Å². The van der Waals surface area contributed by atoms with Crippen molar-refractivity contribution in [2.75, 3.05) is 21.1 Å². The number of nitrogens with one attached hydrogen (secondary N) is 2. The summed E-state index contributed by atoms with van der Waals surface area (Å²) in [5, 5.41) is 35.5. The van der Waals surface area contributed by atoms with Crippen LogP contribution in [-0.4, -0.2) is 101 Å². The van der Waals surface area contributed by atoms with Crippen molar-refractivity contribution in [3.05, 3.63) is 0 Å². The van der Waals surface area contributed by atoms with Gasteiger partial charge >= 0.3 is 11.9 Å². The second-order valence-corrected chi connectivity index (χ2v) is 10.2. The van der Waals surface area contributed by atoms with E-state index >= 15 is 0 Å². The van der Waals surface area contributed by atoms with Gasteiger partial charge in [0.1, 0.15) is 6.04 Å². The third-order valence-electron chi connectivity index (χ3n) is 6.70. The molecule has 1 amide bonds. The molecule has 11 heteroatoms. The van der Waals surface area contributed by atoms with Crippen molar-refractivity contribution in [1.29, 1.82) is 0 Å². The zero-order valence-corrected chi connectivity index (χ0v) is 23.7. The first-order valence-electron chi connectivity index (χ1n) is 13.1. The maximum atomic E-state index is 13.8. The highest BCUT2D eigenvalue weighted by atomic mass is 16.6. The molecule has 0 aliphatic carbocycles. The molecular formula is C26H49N3O8. The summed E-state index contributed by atoms with van der Waals surface area (Å²) in [6, 6.07) is -2.36. The molecule has 37 heavy (non-hydrogen) atoms. The standard InChI is InChI=1S/C26H49N3O8/c1-9-11-20(28-7)24(34)37-26(25(35)36,14-18(4)31)15-21(32)22(16(2)12-10-13-17(3)30)29(8)23(33)19(5)27-6/h16-20,22,27-28,30-31H,9-15H2,1-8H3,(H,35,36)/t16-,17?,18?,19+,20-,22-,26?/m0/s1. The second kappa shape index (κ2) is 16.7. The van der Waals surface area contributed by atoms with Gasteiger partial charge in [-0.1, -0.05) is 26.7 Å². The van der Waals surface area contributed by atoms with Crippen LogP contribution in [0, 0.1) is 5.92 Å². The van der Waals surface area contributed by atoms with Crippen molar-refractivity contribution >= 4 is 23.6 Å². The third kappa shape index (κ3) is 11.1. The van der Waals surface area contributed by atoms with Crippen LogP contribution in [0.25, 0.3) is 0 Å². The van der Waals surface area contributed by atoms with Gasteiger partial charge in [0.2, 0.25) is 11.5 Å².